The van der Waals surface area contributed by atoms with Crippen LogP contribution in [0.2, 0.25) is 0 Å². The molecular weight excluding hydrogens is 314 g/mol. The largest absolute Gasteiger partial charge is 0.492 e. The third kappa shape index (κ3) is 4.00. The molecule has 0 N–H and O–H groups in total. The standard InChI is InChI=1S/C20H23N3O2/c1-2-6-17(7-3-1)24-15-14-22-10-12-23(13-11-22)16-19-18-8-4-5-9-20(18)25-21-19/h1-9H,10-16H2. The summed E-state index contributed by atoms with van der Waals surface area (Å²) in [5.41, 5.74) is 1.91. The van der Waals surface area contributed by atoms with Crippen LogP contribution in [0.15, 0.2) is 59.1 Å². The van der Waals surface area contributed by atoms with Gasteiger partial charge in [0.15, 0.2) is 5.58 Å². The molecule has 130 valence electrons. The summed E-state index contributed by atoms with van der Waals surface area (Å²) in [6, 6.07) is 18.1. The monoisotopic (exact) mass is 337 g/mol. The zero-order valence-electron chi connectivity index (χ0n) is 14.3. The van der Waals surface area contributed by atoms with Gasteiger partial charge in [-0.15, -0.1) is 0 Å². The molecule has 0 bridgehead atoms. The Hall–Kier alpha value is -2.37. The maximum atomic E-state index is 5.79. The lowest BCUT2D eigenvalue weighted by molar-refractivity contribution is 0.111. The Balaban J connectivity index is 1.23. The van der Waals surface area contributed by atoms with E-state index >= 15 is 0 Å². The Morgan fingerprint density at radius 1 is 0.880 bits per heavy atom. The molecular formula is C20H23N3O2. The first-order chi connectivity index (χ1) is 12.4. The highest BCUT2D eigenvalue weighted by Gasteiger charge is 2.19. The topological polar surface area (TPSA) is 41.7 Å². The number of ether oxygens (including phenoxy) is 1. The van der Waals surface area contributed by atoms with Gasteiger partial charge < -0.3 is 9.26 Å². The summed E-state index contributed by atoms with van der Waals surface area (Å²) in [5, 5.41) is 5.37. The molecule has 0 aliphatic carbocycles. The molecule has 0 spiro atoms. The highest BCUT2D eigenvalue weighted by atomic mass is 16.5. The summed E-state index contributed by atoms with van der Waals surface area (Å²) < 4.78 is 11.2. The van der Waals surface area contributed by atoms with Gasteiger partial charge in [0.25, 0.3) is 0 Å². The van der Waals surface area contributed by atoms with Crippen molar-refractivity contribution >= 4 is 11.0 Å². The molecule has 1 aliphatic heterocycles. The van der Waals surface area contributed by atoms with Crippen LogP contribution in [0.3, 0.4) is 0 Å². The minimum absolute atomic E-state index is 0.734. The van der Waals surface area contributed by atoms with Crippen molar-refractivity contribution in [2.24, 2.45) is 0 Å². The molecule has 25 heavy (non-hydrogen) atoms. The molecule has 2 heterocycles. The third-order valence-corrected chi connectivity index (χ3v) is 4.71. The molecule has 0 atom stereocenters. The molecule has 1 saturated heterocycles. The molecule has 5 heteroatoms. The highest BCUT2D eigenvalue weighted by molar-refractivity contribution is 5.79. The van der Waals surface area contributed by atoms with Gasteiger partial charge in [-0.1, -0.05) is 35.5 Å². The number of nitrogens with zero attached hydrogens (tertiary/aromatic N) is 3. The first-order valence-corrected chi connectivity index (χ1v) is 8.84. The SMILES string of the molecule is c1ccc(OCCN2CCN(Cc3noc4ccccc34)CC2)cc1. The van der Waals surface area contributed by atoms with E-state index in [1.165, 1.54) is 0 Å². The Morgan fingerprint density at radius 2 is 1.60 bits per heavy atom. The van der Waals surface area contributed by atoms with Gasteiger partial charge in [-0.2, -0.15) is 0 Å². The number of hydrogen-bond acceptors (Lipinski definition) is 5. The van der Waals surface area contributed by atoms with Crippen molar-refractivity contribution in [2.45, 2.75) is 6.54 Å². The summed E-state index contributed by atoms with van der Waals surface area (Å²) >= 11 is 0. The molecule has 0 saturated carbocycles. The maximum Gasteiger partial charge on any atom is 0.167 e. The normalized spacial score (nSPS) is 16.3. The van der Waals surface area contributed by atoms with E-state index in [1.54, 1.807) is 0 Å². The minimum atomic E-state index is 0.734. The van der Waals surface area contributed by atoms with Crippen molar-refractivity contribution in [1.82, 2.24) is 15.0 Å². The van der Waals surface area contributed by atoms with Crippen LogP contribution in [0, 0.1) is 0 Å². The second kappa shape index (κ2) is 7.68. The van der Waals surface area contributed by atoms with E-state index in [4.69, 9.17) is 9.26 Å². The Bertz CT molecular complexity index is 795. The van der Waals surface area contributed by atoms with Gasteiger partial charge in [-0.3, -0.25) is 9.80 Å². The predicted molar refractivity (Wildman–Crippen MR) is 97.7 cm³/mol. The number of benzene rings is 2. The molecule has 0 amide bonds. The number of rotatable bonds is 6. The van der Waals surface area contributed by atoms with E-state index in [0.29, 0.717) is 0 Å². The smallest absolute Gasteiger partial charge is 0.167 e. The van der Waals surface area contributed by atoms with Crippen LogP contribution in [0.1, 0.15) is 5.69 Å². The van der Waals surface area contributed by atoms with Crippen molar-refractivity contribution in [3.05, 3.63) is 60.3 Å². The molecule has 5 nitrogen and oxygen atoms in total. The zero-order valence-corrected chi connectivity index (χ0v) is 14.3. The van der Waals surface area contributed by atoms with E-state index in [-0.39, 0.29) is 0 Å². The summed E-state index contributed by atoms with van der Waals surface area (Å²) in [5.74, 6) is 0.944. The predicted octanol–water partition coefficient (Wildman–Crippen LogP) is 3.02. The lowest BCUT2D eigenvalue weighted by Crippen LogP contribution is -2.47. The van der Waals surface area contributed by atoms with E-state index < -0.39 is 0 Å². The van der Waals surface area contributed by atoms with Gasteiger partial charge in [-0.25, -0.2) is 0 Å². The van der Waals surface area contributed by atoms with Crippen LogP contribution < -0.4 is 4.74 Å². The van der Waals surface area contributed by atoms with Crippen LogP contribution >= 0.6 is 0 Å². The molecule has 4 rings (SSSR count). The number of aromatic nitrogens is 1. The average molecular weight is 337 g/mol. The maximum absolute atomic E-state index is 5.79. The first kappa shape index (κ1) is 16.1. The average Bonchev–Trinajstić information content (AvgIpc) is 3.07. The van der Waals surface area contributed by atoms with Gasteiger partial charge in [0.05, 0.1) is 0 Å². The van der Waals surface area contributed by atoms with Gasteiger partial charge in [0, 0.05) is 44.7 Å². The van der Waals surface area contributed by atoms with E-state index in [0.717, 1.165) is 68.3 Å². The van der Waals surface area contributed by atoms with Crippen LogP contribution in [-0.2, 0) is 6.54 Å². The van der Waals surface area contributed by atoms with Crippen molar-refractivity contribution in [3.8, 4) is 5.75 Å². The van der Waals surface area contributed by atoms with E-state index in [9.17, 15) is 0 Å². The summed E-state index contributed by atoms with van der Waals surface area (Å²) in [6.07, 6.45) is 0. The molecule has 0 radical (unpaired) electrons. The fraction of sp³-hybridized carbons (Fsp3) is 0.350. The Labute approximate surface area is 147 Å². The van der Waals surface area contributed by atoms with Crippen molar-refractivity contribution in [1.29, 1.82) is 0 Å². The number of hydrogen-bond donors (Lipinski definition) is 0. The van der Waals surface area contributed by atoms with Crippen molar-refractivity contribution in [3.63, 3.8) is 0 Å². The van der Waals surface area contributed by atoms with Crippen LogP contribution in [0.25, 0.3) is 11.0 Å². The summed E-state index contributed by atoms with van der Waals surface area (Å²) in [6.45, 7) is 6.78. The van der Waals surface area contributed by atoms with Gasteiger partial charge >= 0.3 is 0 Å². The molecule has 1 aromatic heterocycles. The van der Waals surface area contributed by atoms with Gasteiger partial charge in [0.2, 0.25) is 0 Å². The molecule has 3 aromatic rings. The van der Waals surface area contributed by atoms with Crippen LogP contribution in [0.4, 0.5) is 0 Å². The van der Waals surface area contributed by atoms with Crippen molar-refractivity contribution in [2.75, 3.05) is 39.3 Å². The number of fused-ring (bicyclic) bond motifs is 1. The Kier molecular flexibility index (Phi) is 4.95. The number of piperazine rings is 1. The highest BCUT2D eigenvalue weighted by Crippen LogP contribution is 2.19. The second-order valence-corrected chi connectivity index (χ2v) is 6.40. The fourth-order valence-corrected chi connectivity index (χ4v) is 3.24. The quantitative estimate of drug-likeness (QED) is 0.692. The zero-order chi connectivity index (χ0) is 16.9. The summed E-state index contributed by atoms with van der Waals surface area (Å²) in [4.78, 5) is 4.90. The Morgan fingerprint density at radius 3 is 2.44 bits per heavy atom. The first-order valence-electron chi connectivity index (χ1n) is 8.84. The van der Waals surface area contributed by atoms with E-state index in [1.807, 2.05) is 48.5 Å². The molecule has 1 aliphatic rings. The van der Waals surface area contributed by atoms with Crippen LogP contribution in [0.5, 0.6) is 5.75 Å². The lowest BCUT2D eigenvalue weighted by Gasteiger charge is -2.34. The molecule has 2 aromatic carbocycles. The van der Waals surface area contributed by atoms with Crippen molar-refractivity contribution < 1.29 is 9.26 Å². The summed E-state index contributed by atoms with van der Waals surface area (Å²) in [7, 11) is 0. The fourth-order valence-electron chi connectivity index (χ4n) is 3.24. The number of para-hydroxylation sites is 2. The van der Waals surface area contributed by atoms with Gasteiger partial charge in [0.1, 0.15) is 18.1 Å². The lowest BCUT2D eigenvalue weighted by atomic mass is 10.2. The van der Waals surface area contributed by atoms with Gasteiger partial charge in [-0.05, 0) is 24.3 Å². The second-order valence-electron chi connectivity index (χ2n) is 6.40. The molecule has 1 fully saturated rings. The molecule has 0 unspecified atom stereocenters. The van der Waals surface area contributed by atoms with E-state index in [2.05, 4.69) is 21.0 Å². The minimum Gasteiger partial charge on any atom is -0.492 e. The van der Waals surface area contributed by atoms with Crippen LogP contribution in [-0.4, -0.2) is 54.3 Å². The third-order valence-electron chi connectivity index (χ3n) is 4.71.